The zero-order valence-corrected chi connectivity index (χ0v) is 18.3. The Morgan fingerprint density at radius 3 is 2.52 bits per heavy atom. The van der Waals surface area contributed by atoms with E-state index in [1.807, 2.05) is 37.3 Å². The van der Waals surface area contributed by atoms with Gasteiger partial charge in [0.1, 0.15) is 5.75 Å². The molecule has 3 aromatic rings. The fourth-order valence-corrected chi connectivity index (χ4v) is 3.17. The maximum absolute atomic E-state index is 12.8. The number of hydrogen-bond donors (Lipinski definition) is 2. The number of methoxy groups -OCH3 is 2. The number of carbonyl (C=O) groups excluding carboxylic acids is 1. The van der Waals surface area contributed by atoms with E-state index in [4.69, 9.17) is 26.4 Å². The van der Waals surface area contributed by atoms with Crippen LogP contribution in [-0.4, -0.2) is 38.1 Å². The molecule has 0 aliphatic heterocycles. The highest BCUT2D eigenvalue weighted by atomic mass is 32.1. The summed E-state index contributed by atoms with van der Waals surface area (Å²) in [6.45, 7) is 2.62. The number of carbonyl (C=O) groups is 1. The Labute approximate surface area is 186 Å². The molecule has 0 unspecified atom stereocenters. The number of benzene rings is 3. The van der Waals surface area contributed by atoms with Gasteiger partial charge in [0.15, 0.2) is 16.6 Å². The smallest absolute Gasteiger partial charge is 0.343 e. The number of rotatable bonds is 7. The van der Waals surface area contributed by atoms with Crippen molar-refractivity contribution in [2.24, 2.45) is 5.10 Å². The van der Waals surface area contributed by atoms with Crippen LogP contribution in [0.5, 0.6) is 17.2 Å². The molecule has 0 atom stereocenters. The first kappa shape index (κ1) is 22.0. The van der Waals surface area contributed by atoms with Crippen LogP contribution in [0.15, 0.2) is 59.7 Å². The van der Waals surface area contributed by atoms with Crippen LogP contribution in [0.2, 0.25) is 0 Å². The molecular formula is C23H23N3O4S. The Kier molecular flexibility index (Phi) is 7.40. The van der Waals surface area contributed by atoms with Gasteiger partial charge in [-0.1, -0.05) is 30.3 Å². The Hall–Kier alpha value is -3.65. The summed E-state index contributed by atoms with van der Waals surface area (Å²) in [6, 6.07) is 16.3. The van der Waals surface area contributed by atoms with Gasteiger partial charge in [0, 0.05) is 12.1 Å². The lowest BCUT2D eigenvalue weighted by Crippen LogP contribution is -2.31. The van der Waals surface area contributed by atoms with Crippen molar-refractivity contribution in [2.45, 2.75) is 6.92 Å². The van der Waals surface area contributed by atoms with Crippen molar-refractivity contribution in [3.63, 3.8) is 0 Å². The van der Waals surface area contributed by atoms with Gasteiger partial charge in [-0.05, 0) is 54.2 Å². The number of ether oxygens (including phenoxy) is 3. The molecule has 0 heterocycles. The Morgan fingerprint density at radius 2 is 1.77 bits per heavy atom. The van der Waals surface area contributed by atoms with Gasteiger partial charge in [0.05, 0.1) is 26.0 Å². The Morgan fingerprint density at radius 1 is 1.03 bits per heavy atom. The number of hydrazone groups is 1. The van der Waals surface area contributed by atoms with Gasteiger partial charge in [-0.3, -0.25) is 5.43 Å². The van der Waals surface area contributed by atoms with Gasteiger partial charge < -0.3 is 19.5 Å². The Balaban J connectivity index is 1.93. The van der Waals surface area contributed by atoms with E-state index in [-0.39, 0.29) is 0 Å². The second kappa shape index (κ2) is 10.4. The molecule has 2 N–H and O–H groups in total. The molecule has 3 rings (SSSR count). The second-order valence-corrected chi connectivity index (χ2v) is 6.80. The molecule has 0 spiro atoms. The van der Waals surface area contributed by atoms with E-state index >= 15 is 0 Å². The minimum absolute atomic E-state index is 0.333. The average Bonchev–Trinajstić information content (AvgIpc) is 2.79. The molecule has 0 saturated heterocycles. The predicted octanol–water partition coefficient (Wildman–Crippen LogP) is 3.89. The lowest BCUT2D eigenvalue weighted by Gasteiger charge is -2.12. The van der Waals surface area contributed by atoms with Crippen molar-refractivity contribution in [3.05, 3.63) is 65.7 Å². The number of nitrogens with one attached hydrogen (secondary N) is 2. The maximum Gasteiger partial charge on any atom is 0.343 e. The van der Waals surface area contributed by atoms with Crippen LogP contribution in [0, 0.1) is 0 Å². The van der Waals surface area contributed by atoms with Crippen molar-refractivity contribution in [3.8, 4) is 17.2 Å². The molecule has 0 fully saturated rings. The van der Waals surface area contributed by atoms with Crippen LogP contribution in [0.3, 0.4) is 0 Å². The maximum atomic E-state index is 12.8. The molecule has 160 valence electrons. The fraction of sp³-hybridized carbons (Fsp3) is 0.174. The van der Waals surface area contributed by atoms with Crippen molar-refractivity contribution in [1.29, 1.82) is 0 Å². The van der Waals surface area contributed by atoms with E-state index < -0.39 is 5.97 Å². The van der Waals surface area contributed by atoms with E-state index in [0.717, 1.165) is 10.8 Å². The summed E-state index contributed by atoms with van der Waals surface area (Å²) in [5.74, 6) is 0.819. The molecule has 0 radical (unpaired) electrons. The normalized spacial score (nSPS) is 10.7. The molecule has 0 amide bonds. The number of thiocarbonyl (C=S) groups is 1. The zero-order chi connectivity index (χ0) is 22.2. The summed E-state index contributed by atoms with van der Waals surface area (Å²) < 4.78 is 16.2. The van der Waals surface area contributed by atoms with E-state index in [9.17, 15) is 4.79 Å². The molecule has 3 aromatic carbocycles. The van der Waals surface area contributed by atoms with Crippen molar-refractivity contribution >= 4 is 40.3 Å². The van der Waals surface area contributed by atoms with Crippen molar-refractivity contribution in [1.82, 2.24) is 10.7 Å². The highest BCUT2D eigenvalue weighted by molar-refractivity contribution is 7.80. The summed E-state index contributed by atoms with van der Waals surface area (Å²) in [6.07, 6.45) is 1.59. The molecule has 7 nitrogen and oxygen atoms in total. The average molecular weight is 438 g/mol. The SMILES string of the molecule is CCNC(=S)N/N=C\c1c(OC(=O)c2ccc(OC)c(OC)c2)ccc2ccccc12. The molecule has 0 aliphatic carbocycles. The third-order valence-electron chi connectivity index (χ3n) is 4.45. The van der Waals surface area contributed by atoms with Gasteiger partial charge in [0.2, 0.25) is 0 Å². The zero-order valence-electron chi connectivity index (χ0n) is 17.5. The quantitative estimate of drug-likeness (QED) is 0.191. The number of hydrogen-bond acceptors (Lipinski definition) is 6. The standard InChI is InChI=1S/C23H23N3O4S/c1-4-24-23(31)26-25-14-18-17-8-6-5-7-15(17)9-11-19(18)30-22(27)16-10-12-20(28-2)21(13-16)29-3/h5-14H,4H2,1-3H3,(H2,24,26,31)/b25-14-. The van der Waals surface area contributed by atoms with Crippen LogP contribution < -0.4 is 25.0 Å². The van der Waals surface area contributed by atoms with Gasteiger partial charge in [0.25, 0.3) is 0 Å². The van der Waals surface area contributed by atoms with Crippen LogP contribution in [0.1, 0.15) is 22.8 Å². The highest BCUT2D eigenvalue weighted by Crippen LogP contribution is 2.30. The third-order valence-corrected chi connectivity index (χ3v) is 4.69. The summed E-state index contributed by atoms with van der Waals surface area (Å²) in [5.41, 5.74) is 3.74. The number of fused-ring (bicyclic) bond motifs is 1. The topological polar surface area (TPSA) is 81.2 Å². The monoisotopic (exact) mass is 437 g/mol. The minimum Gasteiger partial charge on any atom is -0.493 e. The first-order valence-electron chi connectivity index (χ1n) is 9.60. The van der Waals surface area contributed by atoms with E-state index in [1.165, 1.54) is 14.2 Å². The molecule has 0 bridgehead atoms. The molecule has 8 heteroatoms. The largest absolute Gasteiger partial charge is 0.493 e. The lowest BCUT2D eigenvalue weighted by molar-refractivity contribution is 0.0734. The van der Waals surface area contributed by atoms with Crippen molar-refractivity contribution < 1.29 is 19.0 Å². The molecule has 0 aliphatic rings. The Bertz CT molecular complexity index is 1130. The summed E-state index contributed by atoms with van der Waals surface area (Å²) in [7, 11) is 3.04. The first-order chi connectivity index (χ1) is 15.1. The third kappa shape index (κ3) is 5.29. The molecule has 0 aromatic heterocycles. The molecular weight excluding hydrogens is 414 g/mol. The van der Waals surface area contributed by atoms with Crippen LogP contribution in [-0.2, 0) is 0 Å². The summed E-state index contributed by atoms with van der Waals surface area (Å²) >= 11 is 5.13. The van der Waals surface area contributed by atoms with E-state index in [0.29, 0.717) is 40.0 Å². The number of esters is 1. The number of nitrogens with zero attached hydrogens (tertiary/aromatic N) is 1. The van der Waals surface area contributed by atoms with Crippen LogP contribution in [0.4, 0.5) is 0 Å². The molecule has 0 saturated carbocycles. The fourth-order valence-electron chi connectivity index (χ4n) is 2.98. The molecule has 31 heavy (non-hydrogen) atoms. The predicted molar refractivity (Wildman–Crippen MR) is 125 cm³/mol. The van der Waals surface area contributed by atoms with E-state index in [2.05, 4.69) is 15.8 Å². The van der Waals surface area contributed by atoms with Crippen LogP contribution >= 0.6 is 12.2 Å². The second-order valence-electron chi connectivity index (χ2n) is 6.39. The first-order valence-corrected chi connectivity index (χ1v) is 10.0. The van der Waals surface area contributed by atoms with Crippen molar-refractivity contribution in [2.75, 3.05) is 20.8 Å². The van der Waals surface area contributed by atoms with Crippen LogP contribution in [0.25, 0.3) is 10.8 Å². The highest BCUT2D eigenvalue weighted by Gasteiger charge is 2.16. The van der Waals surface area contributed by atoms with Gasteiger partial charge in [-0.25, -0.2) is 4.79 Å². The van der Waals surface area contributed by atoms with E-state index in [1.54, 1.807) is 30.5 Å². The summed E-state index contributed by atoms with van der Waals surface area (Å²) in [4.78, 5) is 12.8. The van der Waals surface area contributed by atoms with Gasteiger partial charge >= 0.3 is 5.97 Å². The summed E-state index contributed by atoms with van der Waals surface area (Å²) in [5, 5.41) is 9.44. The van der Waals surface area contributed by atoms with Gasteiger partial charge in [-0.2, -0.15) is 5.10 Å². The minimum atomic E-state index is -0.526. The van der Waals surface area contributed by atoms with Gasteiger partial charge in [-0.15, -0.1) is 0 Å². The lowest BCUT2D eigenvalue weighted by atomic mass is 10.0.